The number of rotatable bonds is 11. The highest BCUT2D eigenvalue weighted by Gasteiger charge is 2.16. The normalized spacial score (nSPS) is 11.1. The van der Waals surface area contributed by atoms with Gasteiger partial charge in [-0.1, -0.05) is 64.2 Å². The molecule has 0 atom stereocenters. The van der Waals surface area contributed by atoms with Crippen LogP contribution in [-0.2, 0) is 19.4 Å². The standard InChI is InChI=1S/C17H32NS/c1-4-7-9-11-13-17-16(6-3)18(15-19-17)14-12-10-8-5-2/h15H,4-14H2,1-3H3/q+1. The van der Waals surface area contributed by atoms with Crippen molar-refractivity contribution in [2.75, 3.05) is 0 Å². The number of hydrogen-bond acceptors (Lipinski definition) is 1. The van der Waals surface area contributed by atoms with E-state index in [2.05, 4.69) is 30.8 Å². The summed E-state index contributed by atoms with van der Waals surface area (Å²) in [5.74, 6) is 0. The molecule has 0 aromatic carbocycles. The molecule has 0 unspecified atom stereocenters. The molecule has 0 saturated heterocycles. The van der Waals surface area contributed by atoms with Crippen LogP contribution in [0.4, 0.5) is 0 Å². The summed E-state index contributed by atoms with van der Waals surface area (Å²) in [7, 11) is 0. The molecule has 0 spiro atoms. The van der Waals surface area contributed by atoms with E-state index in [4.69, 9.17) is 0 Å². The lowest BCUT2D eigenvalue weighted by atomic mass is 10.1. The van der Waals surface area contributed by atoms with Crippen LogP contribution in [0.2, 0.25) is 0 Å². The van der Waals surface area contributed by atoms with Crippen molar-refractivity contribution in [2.24, 2.45) is 0 Å². The maximum Gasteiger partial charge on any atom is 0.225 e. The lowest BCUT2D eigenvalue weighted by Crippen LogP contribution is -2.35. The van der Waals surface area contributed by atoms with E-state index >= 15 is 0 Å². The van der Waals surface area contributed by atoms with Crippen LogP contribution < -0.4 is 4.57 Å². The average molecular weight is 283 g/mol. The minimum atomic E-state index is 1.19. The molecule has 0 saturated carbocycles. The molecule has 110 valence electrons. The highest BCUT2D eigenvalue weighted by Crippen LogP contribution is 2.17. The molecule has 0 aliphatic carbocycles. The van der Waals surface area contributed by atoms with Crippen LogP contribution in [0.5, 0.6) is 0 Å². The summed E-state index contributed by atoms with van der Waals surface area (Å²) in [5.41, 5.74) is 3.97. The third kappa shape index (κ3) is 6.07. The maximum absolute atomic E-state index is 2.52. The summed E-state index contributed by atoms with van der Waals surface area (Å²) in [6.45, 7) is 8.10. The van der Waals surface area contributed by atoms with Crippen molar-refractivity contribution in [3.05, 3.63) is 16.1 Å². The Morgan fingerprint density at radius 3 is 2.21 bits per heavy atom. The van der Waals surface area contributed by atoms with Gasteiger partial charge in [-0.15, -0.1) is 0 Å². The predicted molar refractivity (Wildman–Crippen MR) is 85.9 cm³/mol. The van der Waals surface area contributed by atoms with E-state index in [1.807, 2.05) is 11.3 Å². The first-order valence-corrected chi connectivity index (χ1v) is 9.20. The SMILES string of the molecule is CCCCCCc1sc[n+](CCCCCC)c1CC. The first-order valence-electron chi connectivity index (χ1n) is 8.32. The van der Waals surface area contributed by atoms with Crippen molar-refractivity contribution < 1.29 is 4.57 Å². The molecule has 0 fully saturated rings. The quantitative estimate of drug-likeness (QED) is 0.383. The zero-order chi connectivity index (χ0) is 13.9. The van der Waals surface area contributed by atoms with Gasteiger partial charge in [0.1, 0.15) is 6.54 Å². The Kier molecular flexibility index (Phi) is 9.15. The van der Waals surface area contributed by atoms with E-state index < -0.39 is 0 Å². The molecule has 0 aliphatic heterocycles. The third-order valence-corrected chi connectivity index (χ3v) is 4.92. The molecule has 0 bridgehead atoms. The number of thiazole rings is 1. The third-order valence-electron chi connectivity index (χ3n) is 3.84. The molecular weight excluding hydrogens is 250 g/mol. The van der Waals surface area contributed by atoms with Crippen molar-refractivity contribution in [3.63, 3.8) is 0 Å². The Morgan fingerprint density at radius 2 is 1.58 bits per heavy atom. The highest BCUT2D eigenvalue weighted by atomic mass is 32.1. The van der Waals surface area contributed by atoms with Gasteiger partial charge in [-0.3, -0.25) is 0 Å². The minimum Gasteiger partial charge on any atom is -0.192 e. The minimum absolute atomic E-state index is 1.19. The largest absolute Gasteiger partial charge is 0.225 e. The highest BCUT2D eigenvalue weighted by molar-refractivity contribution is 7.09. The molecular formula is C17H32NS+. The van der Waals surface area contributed by atoms with Crippen molar-refractivity contribution in [1.29, 1.82) is 0 Å². The second-order valence-corrected chi connectivity index (χ2v) is 6.45. The molecule has 19 heavy (non-hydrogen) atoms. The summed E-state index contributed by atoms with van der Waals surface area (Å²) in [6.07, 6.45) is 13.4. The van der Waals surface area contributed by atoms with Crippen LogP contribution in [-0.4, -0.2) is 0 Å². The maximum atomic E-state index is 2.52. The van der Waals surface area contributed by atoms with E-state index in [1.54, 1.807) is 10.6 Å². The Labute approximate surface area is 124 Å². The lowest BCUT2D eigenvalue weighted by molar-refractivity contribution is -0.700. The van der Waals surface area contributed by atoms with E-state index in [0.29, 0.717) is 0 Å². The topological polar surface area (TPSA) is 3.88 Å². The number of unbranched alkanes of at least 4 members (excludes halogenated alkanes) is 6. The number of aromatic nitrogens is 1. The van der Waals surface area contributed by atoms with E-state index in [0.717, 1.165) is 0 Å². The molecule has 2 heteroatoms. The van der Waals surface area contributed by atoms with Crippen LogP contribution in [0.15, 0.2) is 5.51 Å². The van der Waals surface area contributed by atoms with Crippen molar-refractivity contribution in [1.82, 2.24) is 0 Å². The average Bonchev–Trinajstić information content (AvgIpc) is 2.82. The van der Waals surface area contributed by atoms with Crippen LogP contribution in [0.25, 0.3) is 0 Å². The van der Waals surface area contributed by atoms with Gasteiger partial charge in [0.2, 0.25) is 5.51 Å². The fourth-order valence-electron chi connectivity index (χ4n) is 2.63. The predicted octanol–water partition coefficient (Wildman–Crippen LogP) is 5.30. The van der Waals surface area contributed by atoms with Gasteiger partial charge in [0, 0.05) is 12.8 Å². The molecule has 1 aromatic heterocycles. The van der Waals surface area contributed by atoms with Crippen molar-refractivity contribution >= 4 is 11.3 Å². The second-order valence-electron chi connectivity index (χ2n) is 5.51. The molecule has 1 heterocycles. The first-order chi connectivity index (χ1) is 9.33. The lowest BCUT2D eigenvalue weighted by Gasteiger charge is -2.00. The van der Waals surface area contributed by atoms with Gasteiger partial charge in [0.15, 0.2) is 5.69 Å². The van der Waals surface area contributed by atoms with Gasteiger partial charge in [-0.2, -0.15) is 4.57 Å². The monoisotopic (exact) mass is 282 g/mol. The summed E-state index contributed by atoms with van der Waals surface area (Å²) < 4.78 is 2.52. The zero-order valence-electron chi connectivity index (χ0n) is 13.2. The number of aryl methyl sites for hydroxylation is 2. The van der Waals surface area contributed by atoms with Gasteiger partial charge in [-0.25, -0.2) is 0 Å². The summed E-state index contributed by atoms with van der Waals surface area (Å²) >= 11 is 1.99. The van der Waals surface area contributed by atoms with Gasteiger partial charge < -0.3 is 0 Å². The summed E-state index contributed by atoms with van der Waals surface area (Å²) in [4.78, 5) is 1.65. The Hall–Kier alpha value is -0.370. The van der Waals surface area contributed by atoms with Gasteiger partial charge in [0.25, 0.3) is 0 Å². The van der Waals surface area contributed by atoms with Gasteiger partial charge in [-0.05, 0) is 19.3 Å². The molecule has 0 amide bonds. The summed E-state index contributed by atoms with van der Waals surface area (Å²) in [5, 5.41) is 0. The molecule has 1 rings (SSSR count). The molecule has 0 N–H and O–H groups in total. The Bertz CT molecular complexity index is 301. The molecule has 0 aliphatic rings. The first kappa shape index (κ1) is 16.7. The van der Waals surface area contributed by atoms with Gasteiger partial charge >= 0.3 is 0 Å². The second kappa shape index (κ2) is 10.4. The number of hydrogen-bond donors (Lipinski definition) is 0. The van der Waals surface area contributed by atoms with E-state index in [1.165, 1.54) is 70.8 Å². The van der Waals surface area contributed by atoms with E-state index in [9.17, 15) is 0 Å². The van der Waals surface area contributed by atoms with Crippen LogP contribution in [0.3, 0.4) is 0 Å². The Balaban J connectivity index is 2.42. The van der Waals surface area contributed by atoms with Crippen molar-refractivity contribution in [2.45, 2.75) is 91.5 Å². The van der Waals surface area contributed by atoms with Gasteiger partial charge in [0.05, 0.1) is 4.88 Å². The molecule has 0 radical (unpaired) electrons. The summed E-state index contributed by atoms with van der Waals surface area (Å²) in [6, 6.07) is 0. The fraction of sp³-hybridized carbons (Fsp3) is 0.824. The molecule has 1 nitrogen and oxygen atoms in total. The zero-order valence-corrected chi connectivity index (χ0v) is 14.0. The van der Waals surface area contributed by atoms with Crippen molar-refractivity contribution in [3.8, 4) is 0 Å². The smallest absolute Gasteiger partial charge is 0.192 e. The van der Waals surface area contributed by atoms with Crippen LogP contribution in [0.1, 0.15) is 82.7 Å². The molecule has 1 aromatic rings. The van der Waals surface area contributed by atoms with E-state index in [-0.39, 0.29) is 0 Å². The number of nitrogens with zero attached hydrogens (tertiary/aromatic N) is 1. The van der Waals surface area contributed by atoms with Crippen LogP contribution >= 0.6 is 11.3 Å². The Morgan fingerprint density at radius 1 is 0.895 bits per heavy atom. The van der Waals surface area contributed by atoms with Crippen LogP contribution in [0, 0.1) is 0 Å². The fourth-order valence-corrected chi connectivity index (χ4v) is 3.78.